The van der Waals surface area contributed by atoms with Gasteiger partial charge in [-0.25, -0.2) is 9.59 Å². The molecule has 0 radical (unpaired) electrons. The van der Waals surface area contributed by atoms with E-state index in [4.69, 9.17) is 19.6 Å². The fourth-order valence-corrected chi connectivity index (χ4v) is 4.20. The number of carbonyl (C=O) groups is 4. The van der Waals surface area contributed by atoms with E-state index in [1.165, 1.54) is 43.2 Å². The number of ether oxygens (including phenoxy) is 2. The molecule has 1 unspecified atom stereocenters. The van der Waals surface area contributed by atoms with E-state index in [1.807, 2.05) is 0 Å². The minimum absolute atomic E-state index is 0.148. The summed E-state index contributed by atoms with van der Waals surface area (Å²) in [6, 6.07) is 1.06. The van der Waals surface area contributed by atoms with Crippen molar-refractivity contribution in [1.29, 1.82) is 0 Å². The highest BCUT2D eigenvalue weighted by molar-refractivity contribution is 8.02. The van der Waals surface area contributed by atoms with Crippen molar-refractivity contribution in [2.75, 3.05) is 20.8 Å². The molecule has 3 rings (SSSR count). The molecule has 3 atom stereocenters. The maximum absolute atomic E-state index is 12.7. The first-order valence-electron chi connectivity index (χ1n) is 8.51. The number of primary amides is 1. The van der Waals surface area contributed by atoms with Crippen LogP contribution in [0.15, 0.2) is 38.9 Å². The van der Waals surface area contributed by atoms with E-state index in [0.717, 1.165) is 0 Å². The third-order valence-electron chi connectivity index (χ3n) is 4.31. The smallest absolute Gasteiger partial charge is 0.404 e. The molecule has 0 aromatic carbocycles. The van der Waals surface area contributed by atoms with E-state index in [0.29, 0.717) is 5.57 Å². The lowest BCUT2D eigenvalue weighted by Crippen LogP contribution is -2.74. The van der Waals surface area contributed by atoms with Crippen molar-refractivity contribution in [2.45, 2.75) is 17.5 Å². The number of rotatable bonds is 7. The number of nitrogens with zero attached hydrogens (tertiary/aromatic N) is 2. The van der Waals surface area contributed by atoms with Crippen molar-refractivity contribution in [2.24, 2.45) is 10.9 Å². The van der Waals surface area contributed by atoms with E-state index in [1.54, 1.807) is 11.5 Å². The Balaban J connectivity index is 1.77. The lowest BCUT2D eigenvalue weighted by molar-refractivity contribution is -0.161. The molecule has 3 heterocycles. The minimum atomic E-state index is -1.10. The second kappa shape index (κ2) is 8.90. The van der Waals surface area contributed by atoms with Crippen molar-refractivity contribution in [3.63, 3.8) is 0 Å². The molecule has 1 aromatic heterocycles. The molecule has 3 amide bonds. The summed E-state index contributed by atoms with van der Waals surface area (Å²) in [6.07, 6.45) is 0.345. The number of nitrogens with one attached hydrogen (secondary N) is 1. The Kier molecular flexibility index (Phi) is 6.30. The summed E-state index contributed by atoms with van der Waals surface area (Å²) in [5.41, 5.74) is 5.15. The van der Waals surface area contributed by atoms with Crippen molar-refractivity contribution in [3.05, 3.63) is 35.1 Å². The maximum atomic E-state index is 12.7. The summed E-state index contributed by atoms with van der Waals surface area (Å²) in [6.45, 7) is -0.279. The van der Waals surface area contributed by atoms with Gasteiger partial charge < -0.3 is 34.7 Å². The molecule has 30 heavy (non-hydrogen) atoms. The van der Waals surface area contributed by atoms with Crippen molar-refractivity contribution < 1.29 is 37.9 Å². The van der Waals surface area contributed by atoms with Crippen LogP contribution in [0.1, 0.15) is 5.76 Å². The number of methoxy groups -OCH3 is 1. The minimum Gasteiger partial charge on any atom is -0.467 e. The van der Waals surface area contributed by atoms with Crippen LogP contribution in [-0.4, -0.2) is 72.8 Å². The molecule has 0 aliphatic carbocycles. The molecule has 1 saturated heterocycles. The summed E-state index contributed by atoms with van der Waals surface area (Å²) in [7, 11) is 2.44. The van der Waals surface area contributed by atoms with Gasteiger partial charge in [-0.3, -0.25) is 9.59 Å². The third kappa shape index (κ3) is 3.96. The highest BCUT2D eigenvalue weighted by Crippen LogP contribution is 2.40. The number of amides is 3. The molecular formula is C17H18N4O8S. The van der Waals surface area contributed by atoms with Gasteiger partial charge in [0, 0.05) is 5.57 Å². The number of furan rings is 1. The average molecular weight is 438 g/mol. The molecule has 12 nitrogen and oxygen atoms in total. The second-order valence-electron chi connectivity index (χ2n) is 6.05. The van der Waals surface area contributed by atoms with Gasteiger partial charge in [0.25, 0.3) is 5.91 Å². The Labute approximate surface area is 174 Å². The van der Waals surface area contributed by atoms with Crippen molar-refractivity contribution in [3.8, 4) is 0 Å². The zero-order valence-corrected chi connectivity index (χ0v) is 16.7. The first kappa shape index (κ1) is 21.2. The van der Waals surface area contributed by atoms with Gasteiger partial charge in [0.05, 0.1) is 13.4 Å². The average Bonchev–Trinajstić information content (AvgIpc) is 3.27. The standard InChI is InChI=1S/C17H18N4O8S/c1-26-16(24)12-8(6-29-17(18)25)7-30-15-11(14(23)21(12)15)19-13(22)10(20-27-2)9-4-3-5-28-9/h3-5,7,11-12,15H,6H2,1-2H3,(H2,18,25)(H,19,22)/b20-10-/t11-,12?,15-/m1/s1. The Morgan fingerprint density at radius 1 is 1.37 bits per heavy atom. The molecule has 0 saturated carbocycles. The second-order valence-corrected chi connectivity index (χ2v) is 7.04. The highest BCUT2D eigenvalue weighted by atomic mass is 32.2. The zero-order chi connectivity index (χ0) is 21.8. The number of β-lactam (4-membered cyclic amide) rings is 1. The predicted molar refractivity (Wildman–Crippen MR) is 102 cm³/mol. The quantitative estimate of drug-likeness (QED) is 0.248. The van der Waals surface area contributed by atoms with Crippen LogP contribution in [0.3, 0.4) is 0 Å². The number of hydrogen-bond donors (Lipinski definition) is 2. The van der Waals surface area contributed by atoms with Crippen LogP contribution in [0.2, 0.25) is 0 Å². The molecule has 3 N–H and O–H groups in total. The maximum Gasteiger partial charge on any atom is 0.404 e. The van der Waals surface area contributed by atoms with Gasteiger partial charge in [-0.05, 0) is 17.5 Å². The predicted octanol–water partition coefficient (Wildman–Crippen LogP) is -0.449. The molecule has 0 spiro atoms. The SMILES string of the molecule is CO/N=C(\C(=O)N[C@@H]1C(=O)N2C(C(=O)OC)C(COC(N)=O)=CS[C@H]12)c1ccco1. The molecule has 160 valence electrons. The van der Waals surface area contributed by atoms with Crippen molar-refractivity contribution in [1.82, 2.24) is 10.2 Å². The Morgan fingerprint density at radius 3 is 2.73 bits per heavy atom. The van der Waals surface area contributed by atoms with Crippen molar-refractivity contribution >= 4 is 41.4 Å². The van der Waals surface area contributed by atoms with Gasteiger partial charge in [-0.1, -0.05) is 5.16 Å². The van der Waals surface area contributed by atoms with Crippen LogP contribution >= 0.6 is 11.8 Å². The highest BCUT2D eigenvalue weighted by Gasteiger charge is 2.56. The number of fused-ring (bicyclic) bond motifs is 1. The molecule has 2 aliphatic heterocycles. The van der Waals surface area contributed by atoms with Crippen LogP contribution in [0.25, 0.3) is 0 Å². The monoisotopic (exact) mass is 438 g/mol. The van der Waals surface area contributed by atoms with Crippen LogP contribution in [0.5, 0.6) is 0 Å². The van der Waals surface area contributed by atoms with Crippen LogP contribution in [0, 0.1) is 0 Å². The van der Waals surface area contributed by atoms with Gasteiger partial charge in [-0.15, -0.1) is 11.8 Å². The number of thioether (sulfide) groups is 1. The lowest BCUT2D eigenvalue weighted by atomic mass is 9.98. The molecule has 1 aromatic rings. The Morgan fingerprint density at radius 2 is 2.13 bits per heavy atom. The van der Waals surface area contributed by atoms with Gasteiger partial charge in [0.2, 0.25) is 11.6 Å². The summed E-state index contributed by atoms with van der Waals surface area (Å²) >= 11 is 1.17. The number of hydrogen-bond acceptors (Lipinski definition) is 10. The van der Waals surface area contributed by atoms with Gasteiger partial charge in [0.1, 0.15) is 25.1 Å². The van der Waals surface area contributed by atoms with E-state index >= 15 is 0 Å². The fraction of sp³-hybridized carbons (Fsp3) is 0.353. The fourth-order valence-electron chi connectivity index (χ4n) is 2.99. The molecular weight excluding hydrogens is 420 g/mol. The summed E-state index contributed by atoms with van der Waals surface area (Å²) in [5.74, 6) is -1.76. The van der Waals surface area contributed by atoms with Gasteiger partial charge in [-0.2, -0.15) is 0 Å². The number of esters is 1. The topological polar surface area (TPSA) is 163 Å². The van der Waals surface area contributed by atoms with E-state index in [9.17, 15) is 19.2 Å². The number of nitrogens with two attached hydrogens (primary N) is 1. The number of oxime groups is 1. The van der Waals surface area contributed by atoms with E-state index < -0.39 is 41.3 Å². The number of carbonyl (C=O) groups excluding carboxylic acids is 4. The lowest BCUT2D eigenvalue weighted by Gasteiger charge is -2.51. The first-order chi connectivity index (χ1) is 14.4. The summed E-state index contributed by atoms with van der Waals surface area (Å²) in [5, 5.41) is 7.22. The third-order valence-corrected chi connectivity index (χ3v) is 5.53. The van der Waals surface area contributed by atoms with E-state index in [-0.39, 0.29) is 18.1 Å². The molecule has 0 bridgehead atoms. The molecule has 1 fully saturated rings. The van der Waals surface area contributed by atoms with Gasteiger partial charge in [0.15, 0.2) is 11.8 Å². The van der Waals surface area contributed by atoms with Crippen LogP contribution < -0.4 is 11.1 Å². The Bertz CT molecular complexity index is 913. The first-order valence-corrected chi connectivity index (χ1v) is 9.45. The Hall–Kier alpha value is -3.48. The molecule has 2 aliphatic rings. The van der Waals surface area contributed by atoms with E-state index in [2.05, 4.69) is 15.3 Å². The zero-order valence-electron chi connectivity index (χ0n) is 15.9. The van der Waals surface area contributed by atoms with Gasteiger partial charge >= 0.3 is 12.1 Å². The summed E-state index contributed by atoms with van der Waals surface area (Å²) < 4.78 is 14.7. The summed E-state index contributed by atoms with van der Waals surface area (Å²) in [4.78, 5) is 54.5. The van der Waals surface area contributed by atoms with Crippen LogP contribution in [-0.2, 0) is 28.7 Å². The largest absolute Gasteiger partial charge is 0.467 e. The molecule has 13 heteroatoms. The normalized spacial score (nSPS) is 22.9. The van der Waals surface area contributed by atoms with Crippen LogP contribution in [0.4, 0.5) is 4.79 Å².